The van der Waals surface area contributed by atoms with E-state index in [4.69, 9.17) is 0 Å². The lowest BCUT2D eigenvalue weighted by Crippen LogP contribution is -2.46. The molecule has 3 heterocycles. The zero-order valence-electron chi connectivity index (χ0n) is 8.28. The lowest BCUT2D eigenvalue weighted by atomic mass is 9.93. The van der Waals surface area contributed by atoms with Crippen LogP contribution in [0.25, 0.3) is 0 Å². The molecule has 2 fully saturated rings. The molecule has 2 unspecified atom stereocenters. The molecular weight excluding hydrogens is 192 g/mol. The summed E-state index contributed by atoms with van der Waals surface area (Å²) < 4.78 is 0. The van der Waals surface area contributed by atoms with Crippen molar-refractivity contribution in [2.45, 2.75) is 18.9 Å². The minimum Gasteiger partial charge on any atom is -0.362 e. The molecule has 3 rings (SSSR count). The summed E-state index contributed by atoms with van der Waals surface area (Å²) in [7, 11) is 0. The quantitative estimate of drug-likeness (QED) is 0.758. The summed E-state index contributed by atoms with van der Waals surface area (Å²) >= 11 is 1.86. The number of rotatable bonds is 1. The van der Waals surface area contributed by atoms with Crippen molar-refractivity contribution < 1.29 is 0 Å². The van der Waals surface area contributed by atoms with Gasteiger partial charge in [0.15, 0.2) is 0 Å². The van der Waals surface area contributed by atoms with Gasteiger partial charge in [-0.2, -0.15) is 0 Å². The highest BCUT2D eigenvalue weighted by molar-refractivity contribution is 7.14. The van der Waals surface area contributed by atoms with Gasteiger partial charge < -0.3 is 10.2 Å². The SMILES string of the molecule is c1csc(N2CCC3CCNC3C2)c1. The van der Waals surface area contributed by atoms with Crippen LogP contribution in [0.15, 0.2) is 17.5 Å². The van der Waals surface area contributed by atoms with Gasteiger partial charge in [-0.1, -0.05) is 0 Å². The molecule has 0 aliphatic carbocycles. The number of nitrogens with one attached hydrogen (secondary N) is 1. The first-order valence-corrected chi connectivity index (χ1v) is 6.33. The van der Waals surface area contributed by atoms with Gasteiger partial charge in [0, 0.05) is 19.1 Å². The van der Waals surface area contributed by atoms with Crippen LogP contribution < -0.4 is 10.2 Å². The van der Waals surface area contributed by atoms with Gasteiger partial charge in [0.05, 0.1) is 5.00 Å². The summed E-state index contributed by atoms with van der Waals surface area (Å²) in [6.07, 6.45) is 2.76. The number of anilines is 1. The number of piperidine rings is 1. The maximum absolute atomic E-state index is 3.61. The minimum absolute atomic E-state index is 0.755. The van der Waals surface area contributed by atoms with Crippen LogP contribution in [0.5, 0.6) is 0 Å². The van der Waals surface area contributed by atoms with E-state index in [1.807, 2.05) is 11.3 Å². The van der Waals surface area contributed by atoms with Gasteiger partial charge in [0.25, 0.3) is 0 Å². The molecule has 0 spiro atoms. The highest BCUT2D eigenvalue weighted by Gasteiger charge is 2.32. The molecule has 1 aromatic rings. The molecular formula is C11H16N2S. The largest absolute Gasteiger partial charge is 0.362 e. The minimum atomic E-state index is 0.755. The van der Waals surface area contributed by atoms with Gasteiger partial charge in [-0.3, -0.25) is 0 Å². The molecule has 2 atom stereocenters. The number of thiophene rings is 1. The van der Waals surface area contributed by atoms with Crippen molar-refractivity contribution in [2.75, 3.05) is 24.5 Å². The predicted octanol–water partition coefficient (Wildman–Crippen LogP) is 1.94. The van der Waals surface area contributed by atoms with Gasteiger partial charge in [0.2, 0.25) is 0 Å². The first kappa shape index (κ1) is 8.74. The average Bonchev–Trinajstić information content (AvgIpc) is 2.88. The molecule has 2 aliphatic heterocycles. The van der Waals surface area contributed by atoms with Crippen molar-refractivity contribution in [1.82, 2.24) is 5.32 Å². The zero-order valence-corrected chi connectivity index (χ0v) is 9.09. The highest BCUT2D eigenvalue weighted by Crippen LogP contribution is 2.30. The molecule has 0 bridgehead atoms. The van der Waals surface area contributed by atoms with Crippen LogP contribution in [-0.2, 0) is 0 Å². The molecule has 3 heteroatoms. The Bertz CT molecular complexity index is 296. The summed E-state index contributed by atoms with van der Waals surface area (Å²) in [5, 5.41) is 7.23. The van der Waals surface area contributed by atoms with E-state index in [1.165, 1.54) is 37.5 Å². The van der Waals surface area contributed by atoms with Crippen LogP contribution >= 0.6 is 11.3 Å². The molecule has 2 nitrogen and oxygen atoms in total. The van der Waals surface area contributed by atoms with E-state index < -0.39 is 0 Å². The molecule has 76 valence electrons. The summed E-state index contributed by atoms with van der Waals surface area (Å²) in [5.41, 5.74) is 0. The smallest absolute Gasteiger partial charge is 0.0908 e. The van der Waals surface area contributed by atoms with Crippen molar-refractivity contribution in [1.29, 1.82) is 0 Å². The van der Waals surface area contributed by atoms with Crippen molar-refractivity contribution in [3.05, 3.63) is 17.5 Å². The van der Waals surface area contributed by atoms with Crippen molar-refractivity contribution in [3.63, 3.8) is 0 Å². The van der Waals surface area contributed by atoms with Gasteiger partial charge in [-0.15, -0.1) is 11.3 Å². The summed E-state index contributed by atoms with van der Waals surface area (Å²) in [4.78, 5) is 2.53. The van der Waals surface area contributed by atoms with Gasteiger partial charge >= 0.3 is 0 Å². The third-order valence-electron chi connectivity index (χ3n) is 3.50. The summed E-state index contributed by atoms with van der Waals surface area (Å²) in [5.74, 6) is 0.950. The van der Waals surface area contributed by atoms with Gasteiger partial charge in [0.1, 0.15) is 0 Å². The lowest BCUT2D eigenvalue weighted by Gasteiger charge is -2.35. The van der Waals surface area contributed by atoms with E-state index in [-0.39, 0.29) is 0 Å². The zero-order chi connectivity index (χ0) is 9.38. The van der Waals surface area contributed by atoms with Crippen LogP contribution in [-0.4, -0.2) is 25.7 Å². The molecule has 2 saturated heterocycles. The van der Waals surface area contributed by atoms with Crippen LogP contribution in [0, 0.1) is 5.92 Å². The molecule has 0 aromatic carbocycles. The van der Waals surface area contributed by atoms with E-state index >= 15 is 0 Å². The average molecular weight is 208 g/mol. The normalized spacial score (nSPS) is 31.9. The topological polar surface area (TPSA) is 15.3 Å². The summed E-state index contributed by atoms with van der Waals surface area (Å²) in [6, 6.07) is 5.14. The number of nitrogens with zero attached hydrogens (tertiary/aromatic N) is 1. The lowest BCUT2D eigenvalue weighted by molar-refractivity contribution is 0.374. The molecule has 0 amide bonds. The Kier molecular flexibility index (Phi) is 2.22. The van der Waals surface area contributed by atoms with E-state index in [2.05, 4.69) is 27.7 Å². The molecule has 0 radical (unpaired) electrons. The van der Waals surface area contributed by atoms with Gasteiger partial charge in [-0.05, 0) is 42.8 Å². The Morgan fingerprint density at radius 3 is 3.29 bits per heavy atom. The second-order valence-corrected chi connectivity index (χ2v) is 5.22. The maximum Gasteiger partial charge on any atom is 0.0908 e. The van der Waals surface area contributed by atoms with E-state index in [9.17, 15) is 0 Å². The van der Waals surface area contributed by atoms with Crippen LogP contribution in [0.4, 0.5) is 5.00 Å². The Labute approximate surface area is 88.9 Å². The third-order valence-corrected chi connectivity index (χ3v) is 4.42. The Morgan fingerprint density at radius 1 is 1.43 bits per heavy atom. The highest BCUT2D eigenvalue weighted by atomic mass is 32.1. The van der Waals surface area contributed by atoms with E-state index in [1.54, 1.807) is 0 Å². The fraction of sp³-hybridized carbons (Fsp3) is 0.636. The van der Waals surface area contributed by atoms with Crippen LogP contribution in [0.2, 0.25) is 0 Å². The molecule has 14 heavy (non-hydrogen) atoms. The van der Waals surface area contributed by atoms with Gasteiger partial charge in [-0.25, -0.2) is 0 Å². The first-order valence-electron chi connectivity index (χ1n) is 5.45. The number of hydrogen-bond donors (Lipinski definition) is 1. The van der Waals surface area contributed by atoms with E-state index in [0.717, 1.165) is 12.0 Å². The molecule has 1 aromatic heterocycles. The number of hydrogen-bond acceptors (Lipinski definition) is 3. The summed E-state index contributed by atoms with van der Waals surface area (Å²) in [6.45, 7) is 3.70. The van der Waals surface area contributed by atoms with Crippen molar-refractivity contribution in [3.8, 4) is 0 Å². The first-order chi connectivity index (χ1) is 6.93. The van der Waals surface area contributed by atoms with Crippen LogP contribution in [0.1, 0.15) is 12.8 Å². The molecule has 2 aliphatic rings. The third kappa shape index (κ3) is 1.44. The molecule has 1 N–H and O–H groups in total. The fourth-order valence-electron chi connectivity index (χ4n) is 2.68. The van der Waals surface area contributed by atoms with Crippen molar-refractivity contribution in [2.24, 2.45) is 5.92 Å². The fourth-order valence-corrected chi connectivity index (χ4v) is 3.45. The Balaban J connectivity index is 1.73. The Morgan fingerprint density at radius 2 is 2.43 bits per heavy atom. The predicted molar refractivity (Wildman–Crippen MR) is 61.0 cm³/mol. The second kappa shape index (κ2) is 3.55. The van der Waals surface area contributed by atoms with Crippen molar-refractivity contribution >= 4 is 16.3 Å². The second-order valence-electron chi connectivity index (χ2n) is 4.30. The monoisotopic (exact) mass is 208 g/mol. The standard InChI is InChI=1S/C11H16N2S/c1-2-11(14-7-1)13-6-4-9-3-5-12-10(9)8-13/h1-2,7,9-10,12H,3-6,8H2. The Hall–Kier alpha value is -0.540. The maximum atomic E-state index is 3.61. The van der Waals surface area contributed by atoms with Crippen LogP contribution in [0.3, 0.4) is 0 Å². The number of fused-ring (bicyclic) bond motifs is 1. The van der Waals surface area contributed by atoms with E-state index in [0.29, 0.717) is 0 Å². The molecule has 0 saturated carbocycles.